The van der Waals surface area contributed by atoms with Crippen LogP contribution in [0.15, 0.2) is 6.20 Å². The third kappa shape index (κ3) is 2.43. The normalized spacial score (nSPS) is 18.2. The van der Waals surface area contributed by atoms with Gasteiger partial charge in [0, 0.05) is 12.2 Å². The predicted molar refractivity (Wildman–Crippen MR) is 60.6 cm³/mol. The number of hydrogen-bond acceptors (Lipinski definition) is 2. The van der Waals surface area contributed by atoms with Crippen molar-refractivity contribution in [2.75, 3.05) is 6.54 Å². The highest BCUT2D eigenvalue weighted by Crippen LogP contribution is 2.22. The number of fused-ring (bicyclic) bond motifs is 1. The largest absolute Gasteiger partial charge is 0.345 e. The van der Waals surface area contributed by atoms with Crippen molar-refractivity contribution in [2.24, 2.45) is 5.92 Å². The first-order valence-electron chi connectivity index (χ1n) is 5.51. The van der Waals surface area contributed by atoms with Crippen molar-refractivity contribution in [2.45, 2.75) is 26.2 Å². The number of H-pyrrole nitrogens is 1. The molecule has 1 unspecified atom stereocenters. The van der Waals surface area contributed by atoms with Gasteiger partial charge < -0.3 is 5.32 Å². The Kier molecular flexibility index (Phi) is 3.25. The third-order valence-electron chi connectivity index (χ3n) is 2.91. The van der Waals surface area contributed by atoms with Crippen LogP contribution in [0.1, 0.15) is 24.6 Å². The van der Waals surface area contributed by atoms with E-state index >= 15 is 0 Å². The SMILES string of the molecule is CC#CC(=O)NCC1CCc2cn[nH]c2C1. The summed E-state index contributed by atoms with van der Waals surface area (Å²) in [5.41, 5.74) is 2.53. The monoisotopic (exact) mass is 217 g/mol. The van der Waals surface area contributed by atoms with Crippen molar-refractivity contribution < 1.29 is 4.79 Å². The predicted octanol–water partition coefficient (Wildman–Crippen LogP) is 0.654. The minimum Gasteiger partial charge on any atom is -0.345 e. The van der Waals surface area contributed by atoms with Crippen LogP contribution < -0.4 is 5.32 Å². The fraction of sp³-hybridized carbons (Fsp3) is 0.500. The molecule has 0 fully saturated rings. The van der Waals surface area contributed by atoms with E-state index in [1.165, 1.54) is 11.3 Å². The molecule has 1 aliphatic carbocycles. The van der Waals surface area contributed by atoms with Crippen LogP contribution in [0.5, 0.6) is 0 Å². The number of rotatable bonds is 2. The minimum atomic E-state index is -0.182. The van der Waals surface area contributed by atoms with Gasteiger partial charge in [-0.3, -0.25) is 9.89 Å². The molecule has 0 radical (unpaired) electrons. The summed E-state index contributed by atoms with van der Waals surface area (Å²) >= 11 is 0. The van der Waals surface area contributed by atoms with Crippen molar-refractivity contribution in [1.82, 2.24) is 15.5 Å². The second kappa shape index (κ2) is 4.84. The molecule has 4 nitrogen and oxygen atoms in total. The highest BCUT2D eigenvalue weighted by molar-refractivity contribution is 5.93. The fourth-order valence-corrected chi connectivity index (χ4v) is 2.05. The number of carbonyl (C=O) groups is 1. The van der Waals surface area contributed by atoms with Gasteiger partial charge in [0.2, 0.25) is 0 Å². The Morgan fingerprint density at radius 2 is 2.62 bits per heavy atom. The standard InChI is InChI=1S/C12H15N3O/c1-2-3-12(16)13-7-9-4-5-10-8-14-15-11(10)6-9/h8-9H,4-7H2,1H3,(H,13,16)(H,14,15). The van der Waals surface area contributed by atoms with Gasteiger partial charge in [-0.1, -0.05) is 5.92 Å². The van der Waals surface area contributed by atoms with Crippen LogP contribution in [0.4, 0.5) is 0 Å². The van der Waals surface area contributed by atoms with Gasteiger partial charge >= 0.3 is 0 Å². The molecular weight excluding hydrogens is 202 g/mol. The summed E-state index contributed by atoms with van der Waals surface area (Å²) in [6.07, 6.45) is 5.01. The Labute approximate surface area is 94.8 Å². The van der Waals surface area contributed by atoms with E-state index < -0.39 is 0 Å². The second-order valence-electron chi connectivity index (χ2n) is 4.07. The van der Waals surface area contributed by atoms with Gasteiger partial charge in [-0.25, -0.2) is 0 Å². The quantitative estimate of drug-likeness (QED) is 0.715. The number of aryl methyl sites for hydroxylation is 1. The summed E-state index contributed by atoms with van der Waals surface area (Å²) < 4.78 is 0. The topological polar surface area (TPSA) is 57.8 Å². The first kappa shape index (κ1) is 10.7. The Morgan fingerprint density at radius 1 is 1.75 bits per heavy atom. The molecule has 84 valence electrons. The molecule has 16 heavy (non-hydrogen) atoms. The van der Waals surface area contributed by atoms with E-state index in [0.717, 1.165) is 19.3 Å². The first-order valence-corrected chi connectivity index (χ1v) is 5.51. The number of nitrogens with one attached hydrogen (secondary N) is 2. The van der Waals surface area contributed by atoms with Crippen molar-refractivity contribution in [3.05, 3.63) is 17.5 Å². The van der Waals surface area contributed by atoms with Gasteiger partial charge in [0.25, 0.3) is 5.91 Å². The zero-order chi connectivity index (χ0) is 11.4. The number of carbonyl (C=O) groups excluding carboxylic acids is 1. The van der Waals surface area contributed by atoms with Crippen molar-refractivity contribution in [3.8, 4) is 11.8 Å². The number of amides is 1. The summed E-state index contributed by atoms with van der Waals surface area (Å²) in [5.74, 6) is 5.38. The van der Waals surface area contributed by atoms with Crippen LogP contribution in [0, 0.1) is 17.8 Å². The van der Waals surface area contributed by atoms with E-state index in [1.807, 2.05) is 6.20 Å². The fourth-order valence-electron chi connectivity index (χ4n) is 2.05. The smallest absolute Gasteiger partial charge is 0.295 e. The Balaban J connectivity index is 1.85. The van der Waals surface area contributed by atoms with E-state index in [0.29, 0.717) is 12.5 Å². The Bertz CT molecular complexity index is 439. The molecule has 0 saturated heterocycles. The van der Waals surface area contributed by atoms with Crippen LogP contribution in [-0.2, 0) is 17.6 Å². The highest BCUT2D eigenvalue weighted by Gasteiger charge is 2.20. The number of aromatic amines is 1. The second-order valence-corrected chi connectivity index (χ2v) is 4.07. The Hall–Kier alpha value is -1.76. The van der Waals surface area contributed by atoms with Crippen LogP contribution in [0.25, 0.3) is 0 Å². The molecule has 1 aromatic heterocycles. The van der Waals surface area contributed by atoms with Gasteiger partial charge in [-0.15, -0.1) is 0 Å². The molecule has 0 spiro atoms. The summed E-state index contributed by atoms with van der Waals surface area (Å²) in [5, 5.41) is 9.87. The van der Waals surface area contributed by atoms with Crippen LogP contribution in [0.3, 0.4) is 0 Å². The summed E-state index contributed by atoms with van der Waals surface area (Å²) in [6, 6.07) is 0. The Morgan fingerprint density at radius 3 is 3.44 bits per heavy atom. The molecule has 1 aromatic rings. The molecule has 2 N–H and O–H groups in total. The van der Waals surface area contributed by atoms with E-state index in [-0.39, 0.29) is 5.91 Å². The molecule has 0 aliphatic heterocycles. The molecule has 2 rings (SSSR count). The van der Waals surface area contributed by atoms with Crippen LogP contribution >= 0.6 is 0 Å². The van der Waals surface area contributed by atoms with Gasteiger partial charge in [0.15, 0.2) is 0 Å². The van der Waals surface area contributed by atoms with Crippen LogP contribution in [-0.4, -0.2) is 22.6 Å². The van der Waals surface area contributed by atoms with Gasteiger partial charge in [0.05, 0.1) is 6.20 Å². The van der Waals surface area contributed by atoms with Crippen molar-refractivity contribution in [3.63, 3.8) is 0 Å². The maximum Gasteiger partial charge on any atom is 0.295 e. The number of nitrogens with zero attached hydrogens (tertiary/aromatic N) is 1. The molecule has 1 amide bonds. The van der Waals surface area contributed by atoms with Crippen molar-refractivity contribution >= 4 is 5.91 Å². The lowest BCUT2D eigenvalue weighted by molar-refractivity contribution is -0.115. The molecule has 4 heteroatoms. The van der Waals surface area contributed by atoms with Gasteiger partial charge in [0.1, 0.15) is 0 Å². The maximum atomic E-state index is 11.2. The lowest BCUT2D eigenvalue weighted by Gasteiger charge is -2.21. The molecule has 0 bridgehead atoms. The van der Waals surface area contributed by atoms with Gasteiger partial charge in [-0.2, -0.15) is 5.10 Å². The zero-order valence-electron chi connectivity index (χ0n) is 9.34. The number of aromatic nitrogens is 2. The highest BCUT2D eigenvalue weighted by atomic mass is 16.1. The van der Waals surface area contributed by atoms with Gasteiger partial charge in [-0.05, 0) is 43.6 Å². The lowest BCUT2D eigenvalue weighted by Crippen LogP contribution is -2.31. The molecule has 0 aromatic carbocycles. The summed E-state index contributed by atoms with van der Waals surface area (Å²) in [6.45, 7) is 2.36. The molecule has 0 saturated carbocycles. The first-order chi connectivity index (χ1) is 7.79. The van der Waals surface area contributed by atoms with E-state index in [1.54, 1.807) is 6.92 Å². The summed E-state index contributed by atoms with van der Waals surface area (Å²) in [7, 11) is 0. The third-order valence-corrected chi connectivity index (χ3v) is 2.91. The van der Waals surface area contributed by atoms with Crippen molar-refractivity contribution in [1.29, 1.82) is 0 Å². The van der Waals surface area contributed by atoms with E-state index in [9.17, 15) is 4.79 Å². The molecule has 1 heterocycles. The van der Waals surface area contributed by atoms with Crippen LogP contribution in [0.2, 0.25) is 0 Å². The molecular formula is C12H15N3O. The zero-order valence-corrected chi connectivity index (χ0v) is 9.34. The minimum absolute atomic E-state index is 0.182. The molecule has 1 atom stereocenters. The number of hydrogen-bond donors (Lipinski definition) is 2. The maximum absolute atomic E-state index is 11.2. The van der Waals surface area contributed by atoms with E-state index in [4.69, 9.17) is 0 Å². The summed E-state index contributed by atoms with van der Waals surface area (Å²) in [4.78, 5) is 11.2. The average Bonchev–Trinajstić information content (AvgIpc) is 2.74. The molecule has 1 aliphatic rings. The van der Waals surface area contributed by atoms with E-state index in [2.05, 4.69) is 27.4 Å². The average molecular weight is 217 g/mol. The lowest BCUT2D eigenvalue weighted by atomic mass is 9.88.